The van der Waals surface area contributed by atoms with Crippen LogP contribution in [-0.2, 0) is 28.5 Å². The first-order chi connectivity index (χ1) is 15.1. The minimum atomic E-state index is -4.56. The van der Waals surface area contributed by atoms with Crippen LogP contribution in [0.4, 0.5) is 17.6 Å². The standard InChI is InChI=1S/C23H23Cl2F4NO2/c24-20-13-17(23(27,28)29)14-21(25)19(20)11-15-3-4-22(26)16(10-15)12-18(31)2-1-5-30-6-8-32-9-7-30/h3-4,10,13-14H,1-2,5-9,11-12H2. The Labute approximate surface area is 194 Å². The van der Waals surface area contributed by atoms with E-state index in [1.165, 1.54) is 12.1 Å². The van der Waals surface area contributed by atoms with E-state index >= 15 is 0 Å². The van der Waals surface area contributed by atoms with Crippen molar-refractivity contribution >= 4 is 29.0 Å². The lowest BCUT2D eigenvalue weighted by atomic mass is 9.98. The summed E-state index contributed by atoms with van der Waals surface area (Å²) >= 11 is 12.1. The van der Waals surface area contributed by atoms with Gasteiger partial charge in [0.15, 0.2) is 0 Å². The third-order valence-electron chi connectivity index (χ3n) is 5.38. The molecule has 0 N–H and O–H groups in total. The fraction of sp³-hybridized carbons (Fsp3) is 0.435. The number of rotatable bonds is 8. The SMILES string of the molecule is O=C(CCCN1CCOCC1)Cc1cc(Cc2c(Cl)cc(C(F)(F)F)cc2Cl)ccc1F. The van der Waals surface area contributed by atoms with Gasteiger partial charge in [-0.05, 0) is 47.9 Å². The van der Waals surface area contributed by atoms with Crippen LogP contribution in [0.1, 0.15) is 35.1 Å². The van der Waals surface area contributed by atoms with Crippen molar-refractivity contribution < 1.29 is 27.1 Å². The molecule has 32 heavy (non-hydrogen) atoms. The molecule has 0 unspecified atom stereocenters. The van der Waals surface area contributed by atoms with E-state index in [0.29, 0.717) is 37.2 Å². The van der Waals surface area contributed by atoms with E-state index in [4.69, 9.17) is 27.9 Å². The lowest BCUT2D eigenvalue weighted by Gasteiger charge is -2.26. The fourth-order valence-corrected chi connectivity index (χ4v) is 4.26. The molecule has 1 saturated heterocycles. The highest BCUT2D eigenvalue weighted by atomic mass is 35.5. The van der Waals surface area contributed by atoms with Crippen molar-refractivity contribution in [2.45, 2.75) is 31.9 Å². The molecule has 1 aliphatic heterocycles. The minimum Gasteiger partial charge on any atom is -0.379 e. The van der Waals surface area contributed by atoms with Crippen LogP contribution < -0.4 is 0 Å². The highest BCUT2D eigenvalue weighted by Crippen LogP contribution is 2.36. The fourth-order valence-electron chi connectivity index (χ4n) is 3.64. The maximum absolute atomic E-state index is 14.3. The summed E-state index contributed by atoms with van der Waals surface area (Å²) in [4.78, 5) is 14.6. The lowest BCUT2D eigenvalue weighted by molar-refractivity contribution is -0.137. The molecule has 0 spiro atoms. The Bertz CT molecular complexity index is 936. The second kappa shape index (κ2) is 11.0. The molecule has 0 bridgehead atoms. The van der Waals surface area contributed by atoms with Crippen molar-refractivity contribution in [2.24, 2.45) is 0 Å². The first-order valence-electron chi connectivity index (χ1n) is 10.3. The molecule has 3 rings (SSSR count). The molecule has 3 nitrogen and oxygen atoms in total. The van der Waals surface area contributed by atoms with E-state index in [2.05, 4.69) is 4.90 Å². The molecular weight excluding hydrogens is 469 g/mol. The van der Waals surface area contributed by atoms with Crippen molar-refractivity contribution in [3.05, 3.63) is 68.4 Å². The lowest BCUT2D eigenvalue weighted by Crippen LogP contribution is -2.37. The molecule has 1 heterocycles. The molecule has 0 aliphatic carbocycles. The van der Waals surface area contributed by atoms with E-state index in [0.717, 1.165) is 31.8 Å². The van der Waals surface area contributed by atoms with Crippen LogP contribution in [0.3, 0.4) is 0 Å². The predicted molar refractivity (Wildman–Crippen MR) is 116 cm³/mol. The van der Waals surface area contributed by atoms with Gasteiger partial charge in [-0.2, -0.15) is 13.2 Å². The van der Waals surface area contributed by atoms with E-state index in [-0.39, 0.29) is 34.2 Å². The van der Waals surface area contributed by atoms with Crippen LogP contribution in [0.2, 0.25) is 10.0 Å². The molecule has 2 aromatic rings. The third-order valence-corrected chi connectivity index (χ3v) is 6.06. The number of ether oxygens (including phenoxy) is 1. The van der Waals surface area contributed by atoms with Crippen LogP contribution in [0.5, 0.6) is 0 Å². The topological polar surface area (TPSA) is 29.5 Å². The van der Waals surface area contributed by atoms with Gasteiger partial charge in [0.25, 0.3) is 0 Å². The van der Waals surface area contributed by atoms with E-state index in [1.54, 1.807) is 6.07 Å². The van der Waals surface area contributed by atoms with Gasteiger partial charge in [-0.3, -0.25) is 9.69 Å². The second-order valence-corrected chi connectivity index (χ2v) is 8.61. The average molecular weight is 492 g/mol. The molecule has 0 atom stereocenters. The summed E-state index contributed by atoms with van der Waals surface area (Å²) in [7, 11) is 0. The van der Waals surface area contributed by atoms with Crippen LogP contribution in [0.25, 0.3) is 0 Å². The molecule has 2 aromatic carbocycles. The molecule has 1 fully saturated rings. The highest BCUT2D eigenvalue weighted by Gasteiger charge is 2.32. The highest BCUT2D eigenvalue weighted by molar-refractivity contribution is 6.36. The first kappa shape index (κ1) is 25.0. The smallest absolute Gasteiger partial charge is 0.379 e. The number of carbonyl (C=O) groups is 1. The number of ketones is 1. The number of Topliss-reactive ketones (excluding diaryl/α,β-unsaturated/α-hetero) is 1. The monoisotopic (exact) mass is 491 g/mol. The van der Waals surface area contributed by atoms with Gasteiger partial charge >= 0.3 is 6.18 Å². The zero-order chi connectivity index (χ0) is 23.3. The zero-order valence-electron chi connectivity index (χ0n) is 17.3. The maximum atomic E-state index is 14.3. The first-order valence-corrected chi connectivity index (χ1v) is 11.0. The van der Waals surface area contributed by atoms with Crippen molar-refractivity contribution in [2.75, 3.05) is 32.8 Å². The number of benzene rings is 2. The maximum Gasteiger partial charge on any atom is 0.416 e. The predicted octanol–water partition coefficient (Wildman–Crippen LogP) is 5.97. The molecule has 9 heteroatoms. The summed E-state index contributed by atoms with van der Waals surface area (Å²) in [5, 5.41) is -0.232. The summed E-state index contributed by atoms with van der Waals surface area (Å²) in [6, 6.07) is 5.94. The number of carbonyl (C=O) groups excluding carboxylic acids is 1. The number of morpholine rings is 1. The van der Waals surface area contributed by atoms with Gasteiger partial charge in [0.2, 0.25) is 0 Å². The number of halogens is 6. The summed E-state index contributed by atoms with van der Waals surface area (Å²) in [5.74, 6) is -0.570. The van der Waals surface area contributed by atoms with Gasteiger partial charge in [0.05, 0.1) is 18.8 Å². The number of hydrogen-bond acceptors (Lipinski definition) is 3. The summed E-state index contributed by atoms with van der Waals surface area (Å²) in [6.45, 7) is 3.88. The van der Waals surface area contributed by atoms with Crippen LogP contribution >= 0.6 is 23.2 Å². The average Bonchev–Trinajstić information content (AvgIpc) is 2.73. The van der Waals surface area contributed by atoms with E-state index in [1.807, 2.05) is 0 Å². The van der Waals surface area contributed by atoms with Gasteiger partial charge in [-0.15, -0.1) is 0 Å². The molecule has 0 saturated carbocycles. The largest absolute Gasteiger partial charge is 0.416 e. The second-order valence-electron chi connectivity index (χ2n) is 7.79. The summed E-state index contributed by atoms with van der Waals surface area (Å²) < 4.78 is 58.3. The summed E-state index contributed by atoms with van der Waals surface area (Å²) in [5.41, 5.74) is 0.235. The minimum absolute atomic E-state index is 0.0444. The van der Waals surface area contributed by atoms with Gasteiger partial charge in [0.1, 0.15) is 11.6 Å². The number of alkyl halides is 3. The molecule has 0 aromatic heterocycles. The van der Waals surface area contributed by atoms with Gasteiger partial charge in [-0.25, -0.2) is 4.39 Å². The van der Waals surface area contributed by atoms with Crippen molar-refractivity contribution in [3.63, 3.8) is 0 Å². The zero-order valence-corrected chi connectivity index (χ0v) is 18.8. The van der Waals surface area contributed by atoms with Gasteiger partial charge < -0.3 is 4.74 Å². The number of hydrogen-bond donors (Lipinski definition) is 0. The van der Waals surface area contributed by atoms with E-state index in [9.17, 15) is 22.4 Å². The Hall–Kier alpha value is -1.67. The Morgan fingerprint density at radius 2 is 1.72 bits per heavy atom. The van der Waals surface area contributed by atoms with Crippen LogP contribution in [0.15, 0.2) is 30.3 Å². The van der Waals surface area contributed by atoms with Gasteiger partial charge in [-0.1, -0.05) is 35.3 Å². The normalized spacial score (nSPS) is 15.2. The third kappa shape index (κ3) is 6.91. The Morgan fingerprint density at radius 3 is 2.34 bits per heavy atom. The molecule has 1 aliphatic rings. The van der Waals surface area contributed by atoms with Crippen molar-refractivity contribution in [3.8, 4) is 0 Å². The Morgan fingerprint density at radius 1 is 1.06 bits per heavy atom. The molecule has 0 amide bonds. The Kier molecular flexibility index (Phi) is 8.55. The van der Waals surface area contributed by atoms with Crippen LogP contribution in [0, 0.1) is 5.82 Å². The van der Waals surface area contributed by atoms with Gasteiger partial charge in [0, 0.05) is 42.4 Å². The Balaban J connectivity index is 1.63. The molecule has 174 valence electrons. The summed E-state index contributed by atoms with van der Waals surface area (Å²) in [6.07, 6.45) is -3.45. The molecule has 0 radical (unpaired) electrons. The van der Waals surface area contributed by atoms with Crippen molar-refractivity contribution in [1.82, 2.24) is 4.90 Å². The number of nitrogens with zero attached hydrogens (tertiary/aromatic N) is 1. The molecular formula is C23H23Cl2F4NO2. The van der Waals surface area contributed by atoms with E-state index < -0.39 is 17.6 Å². The van der Waals surface area contributed by atoms with Crippen molar-refractivity contribution in [1.29, 1.82) is 0 Å². The van der Waals surface area contributed by atoms with Crippen LogP contribution in [-0.4, -0.2) is 43.5 Å². The quantitative estimate of drug-likeness (QED) is 0.426.